The molecule has 1 fully saturated rings. The number of pyridine rings is 1. The maximum absolute atomic E-state index is 12.8. The van der Waals surface area contributed by atoms with Gasteiger partial charge in [0, 0.05) is 37.3 Å². The van der Waals surface area contributed by atoms with Gasteiger partial charge in [0.25, 0.3) is 5.91 Å². The summed E-state index contributed by atoms with van der Waals surface area (Å²) in [6, 6.07) is 5.91. The Balaban J connectivity index is 1.69. The molecule has 122 valence electrons. The van der Waals surface area contributed by atoms with Crippen molar-refractivity contribution in [1.29, 1.82) is 0 Å². The molecule has 0 bridgehead atoms. The number of hydrogen-bond acceptors (Lipinski definition) is 5. The van der Waals surface area contributed by atoms with E-state index in [1.54, 1.807) is 17.5 Å². The Kier molecular flexibility index (Phi) is 4.96. The predicted octanol–water partition coefficient (Wildman–Crippen LogP) is 3.39. The number of hydrogen-bond donors (Lipinski definition) is 0. The Morgan fingerprint density at radius 2 is 2.00 bits per heavy atom. The van der Waals surface area contributed by atoms with Crippen molar-refractivity contribution >= 4 is 39.0 Å². The van der Waals surface area contributed by atoms with Crippen molar-refractivity contribution in [3.05, 3.63) is 38.9 Å². The van der Waals surface area contributed by atoms with Gasteiger partial charge in [0.15, 0.2) is 3.92 Å². The zero-order valence-electron chi connectivity index (χ0n) is 13.2. The Bertz CT molecular complexity index is 681. The number of amides is 1. The minimum Gasteiger partial charge on any atom is -0.353 e. The van der Waals surface area contributed by atoms with Gasteiger partial charge in [-0.1, -0.05) is 19.9 Å². The lowest BCUT2D eigenvalue weighted by Crippen LogP contribution is -2.49. The largest absolute Gasteiger partial charge is 0.353 e. The number of piperazine rings is 1. The molecule has 3 rings (SSSR count). The van der Waals surface area contributed by atoms with E-state index in [-0.39, 0.29) is 5.91 Å². The molecule has 0 radical (unpaired) electrons. The van der Waals surface area contributed by atoms with Crippen LogP contribution in [-0.2, 0) is 0 Å². The van der Waals surface area contributed by atoms with E-state index >= 15 is 0 Å². The van der Waals surface area contributed by atoms with Gasteiger partial charge in [-0.2, -0.15) is 0 Å². The van der Waals surface area contributed by atoms with Crippen molar-refractivity contribution in [3.8, 4) is 0 Å². The molecule has 23 heavy (non-hydrogen) atoms. The van der Waals surface area contributed by atoms with Crippen molar-refractivity contribution in [3.63, 3.8) is 0 Å². The summed E-state index contributed by atoms with van der Waals surface area (Å²) in [7, 11) is 0. The van der Waals surface area contributed by atoms with Gasteiger partial charge in [-0.25, -0.2) is 9.97 Å². The van der Waals surface area contributed by atoms with Crippen LogP contribution in [0.15, 0.2) is 28.3 Å². The smallest absolute Gasteiger partial charge is 0.273 e. The maximum atomic E-state index is 12.8. The molecule has 0 N–H and O–H groups in total. The van der Waals surface area contributed by atoms with Crippen LogP contribution < -0.4 is 4.90 Å². The standard InChI is InChI=1S/C16H19BrN4OS/c1-11(2)14-13(19-16(17)23-14)15(22)21-9-7-20(8-10-21)12-5-3-4-6-18-12/h3-6,11H,7-10H2,1-2H3. The van der Waals surface area contributed by atoms with Crippen LogP contribution in [0.3, 0.4) is 0 Å². The molecule has 7 heteroatoms. The van der Waals surface area contributed by atoms with Gasteiger partial charge < -0.3 is 9.80 Å². The molecule has 0 aliphatic carbocycles. The van der Waals surface area contributed by atoms with Crippen molar-refractivity contribution in [1.82, 2.24) is 14.9 Å². The highest BCUT2D eigenvalue weighted by Gasteiger charge is 2.27. The Morgan fingerprint density at radius 3 is 2.61 bits per heavy atom. The molecule has 1 saturated heterocycles. The average molecular weight is 395 g/mol. The first kappa shape index (κ1) is 16.4. The summed E-state index contributed by atoms with van der Waals surface area (Å²) in [4.78, 5) is 26.7. The summed E-state index contributed by atoms with van der Waals surface area (Å²) in [5, 5.41) is 0. The van der Waals surface area contributed by atoms with Crippen LogP contribution in [0.25, 0.3) is 0 Å². The van der Waals surface area contributed by atoms with Crippen LogP contribution in [0.4, 0.5) is 5.82 Å². The molecule has 0 unspecified atom stereocenters. The molecule has 0 spiro atoms. The molecule has 0 saturated carbocycles. The van der Waals surface area contributed by atoms with Gasteiger partial charge in [0.2, 0.25) is 0 Å². The first-order valence-electron chi connectivity index (χ1n) is 7.67. The SMILES string of the molecule is CC(C)c1sc(Br)nc1C(=O)N1CCN(c2ccccn2)CC1. The summed E-state index contributed by atoms with van der Waals surface area (Å²) < 4.78 is 0.775. The predicted molar refractivity (Wildman–Crippen MR) is 96.3 cm³/mol. The van der Waals surface area contributed by atoms with E-state index in [1.807, 2.05) is 23.1 Å². The van der Waals surface area contributed by atoms with Crippen LogP contribution >= 0.6 is 27.3 Å². The molecular weight excluding hydrogens is 376 g/mol. The minimum atomic E-state index is 0.0383. The highest BCUT2D eigenvalue weighted by atomic mass is 79.9. The quantitative estimate of drug-likeness (QED) is 0.800. The summed E-state index contributed by atoms with van der Waals surface area (Å²) in [5.74, 6) is 1.31. The number of carbonyl (C=O) groups excluding carboxylic acids is 1. The second kappa shape index (κ2) is 6.97. The second-order valence-corrected chi connectivity index (χ2v) is 8.11. The number of rotatable bonds is 3. The number of thiazole rings is 1. The van der Waals surface area contributed by atoms with Gasteiger partial charge >= 0.3 is 0 Å². The lowest BCUT2D eigenvalue weighted by molar-refractivity contribution is 0.0740. The third-order valence-electron chi connectivity index (χ3n) is 3.89. The monoisotopic (exact) mass is 394 g/mol. The lowest BCUT2D eigenvalue weighted by atomic mass is 10.1. The van der Waals surface area contributed by atoms with E-state index in [2.05, 4.69) is 44.6 Å². The topological polar surface area (TPSA) is 49.3 Å². The second-order valence-electron chi connectivity index (χ2n) is 5.80. The number of nitrogens with zero attached hydrogens (tertiary/aromatic N) is 4. The molecule has 1 amide bonds. The van der Waals surface area contributed by atoms with E-state index < -0.39 is 0 Å². The van der Waals surface area contributed by atoms with E-state index in [4.69, 9.17) is 0 Å². The van der Waals surface area contributed by atoms with E-state index in [0.717, 1.165) is 27.7 Å². The van der Waals surface area contributed by atoms with E-state index in [0.29, 0.717) is 24.7 Å². The van der Waals surface area contributed by atoms with Crippen LogP contribution in [0.5, 0.6) is 0 Å². The zero-order valence-corrected chi connectivity index (χ0v) is 15.6. The van der Waals surface area contributed by atoms with Gasteiger partial charge in [-0.15, -0.1) is 11.3 Å². The molecule has 2 aromatic rings. The Morgan fingerprint density at radius 1 is 1.26 bits per heavy atom. The normalized spacial score (nSPS) is 15.3. The maximum Gasteiger partial charge on any atom is 0.273 e. The fraction of sp³-hybridized carbons (Fsp3) is 0.438. The van der Waals surface area contributed by atoms with Gasteiger partial charge in [0.1, 0.15) is 11.5 Å². The molecule has 5 nitrogen and oxygen atoms in total. The first-order valence-corrected chi connectivity index (χ1v) is 9.28. The summed E-state index contributed by atoms with van der Waals surface area (Å²) in [6.45, 7) is 7.17. The van der Waals surface area contributed by atoms with Gasteiger partial charge in [-0.3, -0.25) is 4.79 Å². The number of anilines is 1. The van der Waals surface area contributed by atoms with Crippen molar-refractivity contribution in [2.45, 2.75) is 19.8 Å². The van der Waals surface area contributed by atoms with Crippen LogP contribution in [0, 0.1) is 0 Å². The van der Waals surface area contributed by atoms with E-state index in [9.17, 15) is 4.79 Å². The lowest BCUT2D eigenvalue weighted by Gasteiger charge is -2.35. The fourth-order valence-electron chi connectivity index (χ4n) is 2.68. The minimum absolute atomic E-state index is 0.0383. The fourth-order valence-corrected chi connectivity index (χ4v) is 4.16. The van der Waals surface area contributed by atoms with Crippen molar-refractivity contribution < 1.29 is 4.79 Å². The molecule has 0 atom stereocenters. The van der Waals surface area contributed by atoms with E-state index in [1.165, 1.54) is 0 Å². The third kappa shape index (κ3) is 3.55. The summed E-state index contributed by atoms with van der Waals surface area (Å²) in [6.07, 6.45) is 1.80. The van der Waals surface area contributed by atoms with Crippen LogP contribution in [0.2, 0.25) is 0 Å². The molecule has 0 aromatic carbocycles. The molecule has 1 aliphatic rings. The number of halogens is 1. The first-order chi connectivity index (χ1) is 11.1. The number of carbonyl (C=O) groups is 1. The molecule has 1 aliphatic heterocycles. The molecule has 3 heterocycles. The Hall–Kier alpha value is -1.47. The Labute approximate surface area is 148 Å². The summed E-state index contributed by atoms with van der Waals surface area (Å²) in [5.41, 5.74) is 0.600. The van der Waals surface area contributed by atoms with Crippen molar-refractivity contribution in [2.75, 3.05) is 31.1 Å². The van der Waals surface area contributed by atoms with Gasteiger partial charge in [-0.05, 0) is 34.0 Å². The third-order valence-corrected chi connectivity index (χ3v) is 5.70. The highest BCUT2D eigenvalue weighted by molar-refractivity contribution is 9.11. The molecule has 2 aromatic heterocycles. The average Bonchev–Trinajstić information content (AvgIpc) is 2.97. The zero-order chi connectivity index (χ0) is 16.4. The van der Waals surface area contributed by atoms with Gasteiger partial charge in [0.05, 0.1) is 0 Å². The number of aromatic nitrogens is 2. The van der Waals surface area contributed by atoms with Crippen molar-refractivity contribution in [2.24, 2.45) is 0 Å². The van der Waals surface area contributed by atoms with Crippen LogP contribution in [0.1, 0.15) is 35.1 Å². The summed E-state index contributed by atoms with van der Waals surface area (Å²) >= 11 is 4.95. The highest BCUT2D eigenvalue weighted by Crippen LogP contribution is 2.30. The molecular formula is C16H19BrN4OS. The van der Waals surface area contributed by atoms with Crippen LogP contribution in [-0.4, -0.2) is 47.0 Å².